The first-order valence-corrected chi connectivity index (χ1v) is 4.49. The molecule has 0 saturated carbocycles. The molecule has 3 nitrogen and oxygen atoms in total. The first-order chi connectivity index (χ1) is 5.42. The van der Waals surface area contributed by atoms with Gasteiger partial charge in [0.05, 0.1) is 6.61 Å². The number of hydrogen-bond acceptors (Lipinski definition) is 3. The van der Waals surface area contributed by atoms with Gasteiger partial charge in [-0.1, -0.05) is 0 Å². The minimum absolute atomic E-state index is 0.344. The standard InChI is InChI=1S/C8H16N2O/c11-6-8-2-1-7-5-9-3-4-10(7)8/h7-9,11H,1-6H2/t7-,8+/m0/s1. The van der Waals surface area contributed by atoms with Crippen LogP contribution in [0.2, 0.25) is 0 Å². The number of fused-ring (bicyclic) bond motifs is 1. The summed E-state index contributed by atoms with van der Waals surface area (Å²) < 4.78 is 0. The quantitative estimate of drug-likeness (QED) is 0.533. The summed E-state index contributed by atoms with van der Waals surface area (Å²) in [5.41, 5.74) is 0. The van der Waals surface area contributed by atoms with Gasteiger partial charge in [-0.3, -0.25) is 4.90 Å². The smallest absolute Gasteiger partial charge is 0.0587 e. The van der Waals surface area contributed by atoms with Crippen LogP contribution in [-0.2, 0) is 0 Å². The zero-order chi connectivity index (χ0) is 7.68. The van der Waals surface area contributed by atoms with Crippen LogP contribution in [0.5, 0.6) is 0 Å². The molecule has 2 saturated heterocycles. The fourth-order valence-electron chi connectivity index (χ4n) is 2.27. The molecular formula is C8H16N2O. The lowest BCUT2D eigenvalue weighted by molar-refractivity contribution is 0.112. The SMILES string of the molecule is OC[C@H]1CC[C@H]2CNCCN12. The maximum atomic E-state index is 9.04. The molecule has 2 aliphatic rings. The molecule has 0 aromatic rings. The van der Waals surface area contributed by atoms with Gasteiger partial charge in [-0.2, -0.15) is 0 Å². The van der Waals surface area contributed by atoms with Gasteiger partial charge in [-0.05, 0) is 12.8 Å². The van der Waals surface area contributed by atoms with E-state index >= 15 is 0 Å². The molecule has 2 N–H and O–H groups in total. The van der Waals surface area contributed by atoms with Crippen LogP contribution >= 0.6 is 0 Å². The Bertz CT molecular complexity index is 134. The van der Waals surface area contributed by atoms with E-state index in [0.717, 1.165) is 19.6 Å². The molecule has 2 aliphatic heterocycles. The Labute approximate surface area is 67.4 Å². The lowest BCUT2D eigenvalue weighted by Crippen LogP contribution is -2.51. The number of nitrogens with zero attached hydrogens (tertiary/aromatic N) is 1. The maximum absolute atomic E-state index is 9.04. The zero-order valence-corrected chi connectivity index (χ0v) is 6.79. The average molecular weight is 156 g/mol. The van der Waals surface area contributed by atoms with Crippen LogP contribution in [-0.4, -0.2) is 48.3 Å². The summed E-state index contributed by atoms with van der Waals surface area (Å²) in [5.74, 6) is 0. The van der Waals surface area contributed by atoms with Crippen LogP contribution in [0.1, 0.15) is 12.8 Å². The summed E-state index contributed by atoms with van der Waals surface area (Å²) in [7, 11) is 0. The van der Waals surface area contributed by atoms with Gasteiger partial charge in [0, 0.05) is 31.7 Å². The number of aliphatic hydroxyl groups is 1. The highest BCUT2D eigenvalue weighted by Crippen LogP contribution is 2.24. The first-order valence-electron chi connectivity index (χ1n) is 4.49. The fraction of sp³-hybridized carbons (Fsp3) is 1.00. The monoisotopic (exact) mass is 156 g/mol. The van der Waals surface area contributed by atoms with Crippen LogP contribution in [0.4, 0.5) is 0 Å². The van der Waals surface area contributed by atoms with E-state index in [9.17, 15) is 0 Å². The van der Waals surface area contributed by atoms with Gasteiger partial charge in [0.2, 0.25) is 0 Å². The van der Waals surface area contributed by atoms with Crippen molar-refractivity contribution in [1.82, 2.24) is 10.2 Å². The number of aliphatic hydroxyl groups excluding tert-OH is 1. The molecule has 2 fully saturated rings. The summed E-state index contributed by atoms with van der Waals surface area (Å²) in [5, 5.41) is 12.4. The fourth-order valence-corrected chi connectivity index (χ4v) is 2.27. The van der Waals surface area contributed by atoms with Crippen LogP contribution in [0.25, 0.3) is 0 Å². The summed E-state index contributed by atoms with van der Waals surface area (Å²) >= 11 is 0. The van der Waals surface area contributed by atoms with E-state index in [-0.39, 0.29) is 0 Å². The largest absolute Gasteiger partial charge is 0.395 e. The molecule has 2 heterocycles. The molecule has 0 spiro atoms. The second-order valence-electron chi connectivity index (χ2n) is 3.51. The molecule has 3 heteroatoms. The Kier molecular flexibility index (Phi) is 2.11. The Balaban J connectivity index is 1.98. The molecule has 64 valence electrons. The van der Waals surface area contributed by atoms with Gasteiger partial charge in [0.25, 0.3) is 0 Å². The highest BCUT2D eigenvalue weighted by molar-refractivity contribution is 4.91. The minimum atomic E-state index is 0.344. The predicted molar refractivity (Wildman–Crippen MR) is 43.5 cm³/mol. The second kappa shape index (κ2) is 3.09. The Morgan fingerprint density at radius 1 is 1.45 bits per heavy atom. The van der Waals surface area contributed by atoms with Crippen LogP contribution in [0.15, 0.2) is 0 Å². The average Bonchev–Trinajstić information content (AvgIpc) is 2.47. The molecule has 2 atom stereocenters. The van der Waals surface area contributed by atoms with Crippen molar-refractivity contribution in [2.45, 2.75) is 24.9 Å². The highest BCUT2D eigenvalue weighted by atomic mass is 16.3. The van der Waals surface area contributed by atoms with Gasteiger partial charge >= 0.3 is 0 Å². The van der Waals surface area contributed by atoms with Crippen LogP contribution < -0.4 is 5.32 Å². The van der Waals surface area contributed by atoms with Crippen LogP contribution in [0.3, 0.4) is 0 Å². The van der Waals surface area contributed by atoms with Crippen molar-refractivity contribution in [2.75, 3.05) is 26.2 Å². The number of piperazine rings is 1. The Morgan fingerprint density at radius 2 is 2.36 bits per heavy atom. The normalized spacial score (nSPS) is 39.0. The van der Waals surface area contributed by atoms with E-state index in [0.29, 0.717) is 18.7 Å². The molecule has 0 unspecified atom stereocenters. The topological polar surface area (TPSA) is 35.5 Å². The molecule has 0 radical (unpaired) electrons. The van der Waals surface area contributed by atoms with Gasteiger partial charge < -0.3 is 10.4 Å². The Hall–Kier alpha value is -0.120. The molecular weight excluding hydrogens is 140 g/mol. The number of hydrogen-bond donors (Lipinski definition) is 2. The van der Waals surface area contributed by atoms with E-state index < -0.39 is 0 Å². The van der Waals surface area contributed by atoms with Crippen LogP contribution in [0, 0.1) is 0 Å². The van der Waals surface area contributed by atoms with Gasteiger partial charge in [0.15, 0.2) is 0 Å². The number of nitrogens with one attached hydrogen (secondary N) is 1. The molecule has 0 aliphatic carbocycles. The van der Waals surface area contributed by atoms with Gasteiger partial charge in [0.1, 0.15) is 0 Å². The van der Waals surface area contributed by atoms with Gasteiger partial charge in [-0.15, -0.1) is 0 Å². The summed E-state index contributed by atoms with van der Waals surface area (Å²) in [6, 6.07) is 1.17. The van der Waals surface area contributed by atoms with Crippen molar-refractivity contribution in [3.05, 3.63) is 0 Å². The van der Waals surface area contributed by atoms with E-state index in [1.54, 1.807) is 0 Å². The zero-order valence-electron chi connectivity index (χ0n) is 6.79. The molecule has 0 bridgehead atoms. The second-order valence-corrected chi connectivity index (χ2v) is 3.51. The third kappa shape index (κ3) is 1.28. The lowest BCUT2D eigenvalue weighted by atomic mass is 10.2. The number of rotatable bonds is 1. The third-order valence-corrected chi connectivity index (χ3v) is 2.91. The third-order valence-electron chi connectivity index (χ3n) is 2.91. The van der Waals surface area contributed by atoms with Crippen molar-refractivity contribution >= 4 is 0 Å². The predicted octanol–water partition coefficient (Wildman–Crippen LogP) is -0.585. The van der Waals surface area contributed by atoms with Crippen molar-refractivity contribution in [2.24, 2.45) is 0 Å². The van der Waals surface area contributed by atoms with E-state index in [1.807, 2.05) is 0 Å². The maximum Gasteiger partial charge on any atom is 0.0587 e. The Morgan fingerprint density at radius 3 is 3.18 bits per heavy atom. The minimum Gasteiger partial charge on any atom is -0.395 e. The molecule has 11 heavy (non-hydrogen) atoms. The first kappa shape index (κ1) is 7.53. The van der Waals surface area contributed by atoms with Crippen molar-refractivity contribution < 1.29 is 5.11 Å². The summed E-state index contributed by atoms with van der Waals surface area (Å²) in [6.45, 7) is 3.68. The molecule has 0 aromatic carbocycles. The summed E-state index contributed by atoms with van der Waals surface area (Å²) in [6.07, 6.45) is 2.45. The van der Waals surface area contributed by atoms with Crippen molar-refractivity contribution in [3.63, 3.8) is 0 Å². The van der Waals surface area contributed by atoms with E-state index in [2.05, 4.69) is 10.2 Å². The highest BCUT2D eigenvalue weighted by Gasteiger charge is 2.33. The summed E-state index contributed by atoms with van der Waals surface area (Å²) in [4.78, 5) is 2.45. The van der Waals surface area contributed by atoms with E-state index in [1.165, 1.54) is 12.8 Å². The lowest BCUT2D eigenvalue weighted by Gasteiger charge is -2.33. The van der Waals surface area contributed by atoms with Crippen molar-refractivity contribution in [1.29, 1.82) is 0 Å². The van der Waals surface area contributed by atoms with Gasteiger partial charge in [-0.25, -0.2) is 0 Å². The molecule has 2 rings (SSSR count). The molecule has 0 aromatic heterocycles. The van der Waals surface area contributed by atoms with E-state index in [4.69, 9.17) is 5.11 Å². The molecule has 0 amide bonds. The van der Waals surface area contributed by atoms with Crippen molar-refractivity contribution in [3.8, 4) is 0 Å².